The number of piperidine rings is 1. The van der Waals surface area contributed by atoms with Gasteiger partial charge in [0.15, 0.2) is 0 Å². The molecule has 2 aromatic rings. The van der Waals surface area contributed by atoms with Crippen molar-refractivity contribution < 1.29 is 26.9 Å². The van der Waals surface area contributed by atoms with Crippen molar-refractivity contribution in [2.24, 2.45) is 0 Å². The van der Waals surface area contributed by atoms with Gasteiger partial charge in [0.05, 0.1) is 10.8 Å². The number of imide groups is 1. The fraction of sp³-hybridized carbons (Fsp3) is 0.300. The van der Waals surface area contributed by atoms with E-state index in [-0.39, 0.29) is 35.8 Å². The third-order valence-electron chi connectivity index (χ3n) is 4.42. The molecule has 1 aliphatic rings. The van der Waals surface area contributed by atoms with Gasteiger partial charge in [0.2, 0.25) is 11.8 Å². The SMILES string of the molecule is Cc1ccc(S(=O)(=O)OCCOc2ccc(C3CCC(=O)NC3=O)cc2)cc1. The first-order valence-corrected chi connectivity index (χ1v) is 10.3. The summed E-state index contributed by atoms with van der Waals surface area (Å²) in [7, 11) is -3.82. The normalized spacial score (nSPS) is 17.2. The lowest BCUT2D eigenvalue weighted by Gasteiger charge is -2.21. The third kappa shape index (κ3) is 4.96. The van der Waals surface area contributed by atoms with Gasteiger partial charge in [-0.1, -0.05) is 29.8 Å². The zero-order valence-electron chi connectivity index (χ0n) is 15.4. The van der Waals surface area contributed by atoms with Crippen LogP contribution in [0, 0.1) is 6.92 Å². The summed E-state index contributed by atoms with van der Waals surface area (Å²) in [6, 6.07) is 13.3. The number of benzene rings is 2. The van der Waals surface area contributed by atoms with Crippen molar-refractivity contribution in [1.29, 1.82) is 0 Å². The van der Waals surface area contributed by atoms with E-state index in [0.29, 0.717) is 18.6 Å². The molecular weight excluding hydrogens is 382 g/mol. The van der Waals surface area contributed by atoms with Crippen LogP contribution in [0.3, 0.4) is 0 Å². The van der Waals surface area contributed by atoms with E-state index in [2.05, 4.69) is 5.32 Å². The molecule has 1 unspecified atom stereocenters. The molecule has 0 spiro atoms. The minimum Gasteiger partial charge on any atom is -0.491 e. The molecule has 1 aliphatic heterocycles. The van der Waals surface area contributed by atoms with Crippen molar-refractivity contribution in [3.8, 4) is 5.75 Å². The molecule has 0 saturated carbocycles. The number of carbonyl (C=O) groups is 2. The summed E-state index contributed by atoms with van der Waals surface area (Å²) in [6.07, 6.45) is 0.803. The highest BCUT2D eigenvalue weighted by atomic mass is 32.2. The van der Waals surface area contributed by atoms with Gasteiger partial charge < -0.3 is 4.74 Å². The molecule has 3 rings (SSSR count). The van der Waals surface area contributed by atoms with Crippen LogP contribution in [-0.2, 0) is 23.9 Å². The lowest BCUT2D eigenvalue weighted by atomic mass is 9.90. The lowest BCUT2D eigenvalue weighted by Crippen LogP contribution is -2.39. The van der Waals surface area contributed by atoms with Crippen LogP contribution in [-0.4, -0.2) is 33.4 Å². The number of rotatable bonds is 7. The van der Waals surface area contributed by atoms with Crippen LogP contribution < -0.4 is 10.1 Å². The van der Waals surface area contributed by atoms with Crippen LogP contribution in [0.15, 0.2) is 53.4 Å². The summed E-state index contributed by atoms with van der Waals surface area (Å²) < 4.78 is 34.7. The van der Waals surface area contributed by atoms with Gasteiger partial charge in [-0.25, -0.2) is 0 Å². The minimum atomic E-state index is -3.82. The molecule has 1 heterocycles. The van der Waals surface area contributed by atoms with E-state index < -0.39 is 10.1 Å². The molecule has 1 saturated heterocycles. The molecule has 148 valence electrons. The molecule has 7 nitrogen and oxygen atoms in total. The number of hydrogen-bond acceptors (Lipinski definition) is 6. The number of nitrogens with one attached hydrogen (secondary N) is 1. The minimum absolute atomic E-state index is 0.0584. The third-order valence-corrected chi connectivity index (χ3v) is 5.75. The van der Waals surface area contributed by atoms with Gasteiger partial charge in [-0.2, -0.15) is 8.42 Å². The van der Waals surface area contributed by atoms with Crippen LogP contribution in [0.1, 0.15) is 29.9 Å². The Hall–Kier alpha value is -2.71. The van der Waals surface area contributed by atoms with E-state index >= 15 is 0 Å². The van der Waals surface area contributed by atoms with Crippen LogP contribution in [0.2, 0.25) is 0 Å². The fourth-order valence-corrected chi connectivity index (χ4v) is 3.78. The molecule has 0 aliphatic carbocycles. The Balaban J connectivity index is 1.49. The van der Waals surface area contributed by atoms with Gasteiger partial charge in [-0.05, 0) is 43.2 Å². The molecule has 0 radical (unpaired) electrons. The van der Waals surface area contributed by atoms with E-state index in [9.17, 15) is 18.0 Å². The first-order valence-electron chi connectivity index (χ1n) is 8.88. The first-order chi connectivity index (χ1) is 13.3. The largest absolute Gasteiger partial charge is 0.491 e. The molecular formula is C20H21NO6S. The van der Waals surface area contributed by atoms with Crippen molar-refractivity contribution in [1.82, 2.24) is 5.32 Å². The van der Waals surface area contributed by atoms with Gasteiger partial charge in [-0.3, -0.25) is 19.1 Å². The summed E-state index contributed by atoms with van der Waals surface area (Å²) in [5.41, 5.74) is 1.76. The van der Waals surface area contributed by atoms with Gasteiger partial charge in [0, 0.05) is 6.42 Å². The maximum atomic E-state index is 12.1. The second-order valence-corrected chi connectivity index (χ2v) is 8.13. The highest BCUT2D eigenvalue weighted by Gasteiger charge is 2.27. The molecule has 8 heteroatoms. The Bertz CT molecular complexity index is 951. The summed E-state index contributed by atoms with van der Waals surface area (Å²) in [5.74, 6) is -0.358. The quantitative estimate of drug-likeness (QED) is 0.433. The number of carbonyl (C=O) groups excluding carboxylic acids is 2. The van der Waals surface area contributed by atoms with Crippen molar-refractivity contribution in [2.45, 2.75) is 30.6 Å². The maximum absolute atomic E-state index is 12.1. The Morgan fingerprint density at radius 1 is 1.00 bits per heavy atom. The molecule has 2 amide bonds. The van der Waals surface area contributed by atoms with Crippen LogP contribution in [0.5, 0.6) is 5.75 Å². The number of aryl methyl sites for hydroxylation is 1. The van der Waals surface area contributed by atoms with Crippen LogP contribution in [0.25, 0.3) is 0 Å². The second-order valence-electron chi connectivity index (χ2n) is 6.51. The molecule has 2 aromatic carbocycles. The van der Waals surface area contributed by atoms with E-state index in [4.69, 9.17) is 8.92 Å². The zero-order valence-corrected chi connectivity index (χ0v) is 16.2. The molecule has 28 heavy (non-hydrogen) atoms. The van der Waals surface area contributed by atoms with Crippen LogP contribution >= 0.6 is 0 Å². The van der Waals surface area contributed by atoms with Crippen molar-refractivity contribution in [2.75, 3.05) is 13.2 Å². The monoisotopic (exact) mass is 403 g/mol. The Morgan fingerprint density at radius 3 is 2.32 bits per heavy atom. The van der Waals surface area contributed by atoms with Crippen LogP contribution in [0.4, 0.5) is 0 Å². The Morgan fingerprint density at radius 2 is 1.68 bits per heavy atom. The number of hydrogen-bond donors (Lipinski definition) is 1. The van der Waals surface area contributed by atoms with Crippen molar-refractivity contribution in [3.63, 3.8) is 0 Å². The molecule has 1 fully saturated rings. The predicted molar refractivity (Wildman–Crippen MR) is 101 cm³/mol. The van der Waals surface area contributed by atoms with Crippen molar-refractivity contribution >= 4 is 21.9 Å². The average molecular weight is 403 g/mol. The summed E-state index contributed by atoms with van der Waals surface area (Å²) in [4.78, 5) is 23.2. The topological polar surface area (TPSA) is 98.8 Å². The number of ether oxygens (including phenoxy) is 1. The highest BCUT2D eigenvalue weighted by molar-refractivity contribution is 7.86. The van der Waals surface area contributed by atoms with E-state index in [1.54, 1.807) is 36.4 Å². The Kier molecular flexibility index (Phi) is 6.11. The first kappa shape index (κ1) is 20.0. The highest BCUT2D eigenvalue weighted by Crippen LogP contribution is 2.26. The summed E-state index contributed by atoms with van der Waals surface area (Å²) >= 11 is 0. The lowest BCUT2D eigenvalue weighted by molar-refractivity contribution is -0.134. The van der Waals surface area contributed by atoms with Gasteiger partial charge in [0.25, 0.3) is 10.1 Å². The van der Waals surface area contributed by atoms with Gasteiger partial charge >= 0.3 is 0 Å². The van der Waals surface area contributed by atoms with Gasteiger partial charge in [-0.15, -0.1) is 0 Å². The predicted octanol–water partition coefficient (Wildman–Crippen LogP) is 2.30. The number of amides is 2. The summed E-state index contributed by atoms with van der Waals surface area (Å²) in [5, 5.41) is 2.33. The van der Waals surface area contributed by atoms with Gasteiger partial charge in [0.1, 0.15) is 19.0 Å². The van der Waals surface area contributed by atoms with E-state index in [0.717, 1.165) is 11.1 Å². The Labute approximate surface area is 163 Å². The smallest absolute Gasteiger partial charge is 0.297 e. The fourth-order valence-electron chi connectivity index (χ4n) is 2.88. The molecule has 0 aromatic heterocycles. The zero-order chi connectivity index (χ0) is 20.1. The second kappa shape index (κ2) is 8.53. The summed E-state index contributed by atoms with van der Waals surface area (Å²) in [6.45, 7) is 1.81. The van der Waals surface area contributed by atoms with Crippen molar-refractivity contribution in [3.05, 3.63) is 59.7 Å². The average Bonchev–Trinajstić information content (AvgIpc) is 2.66. The van der Waals surface area contributed by atoms with E-state index in [1.807, 2.05) is 6.92 Å². The molecule has 1 N–H and O–H groups in total. The standard InChI is InChI=1S/C20H21NO6S/c1-14-2-8-17(9-3-14)28(24,25)27-13-12-26-16-6-4-15(5-7-16)18-10-11-19(22)21-20(18)23/h2-9,18H,10-13H2,1H3,(H,21,22,23). The van der Waals surface area contributed by atoms with E-state index in [1.165, 1.54) is 12.1 Å². The molecule has 1 atom stereocenters. The maximum Gasteiger partial charge on any atom is 0.297 e. The molecule has 0 bridgehead atoms.